The van der Waals surface area contributed by atoms with Gasteiger partial charge in [-0.25, -0.2) is 4.39 Å². The van der Waals surface area contributed by atoms with E-state index in [9.17, 15) is 19.1 Å². The molecule has 1 amide bonds. The molecule has 0 radical (unpaired) electrons. The number of rotatable bonds is 6. The van der Waals surface area contributed by atoms with E-state index in [0.717, 1.165) is 4.90 Å². The first-order valence-electron chi connectivity index (χ1n) is 9.95. The summed E-state index contributed by atoms with van der Waals surface area (Å²) in [5.41, 5.74) is -0.396. The predicted molar refractivity (Wildman–Crippen MR) is 123 cm³/mol. The number of aliphatic hydroxyl groups is 1. The molecule has 10 heteroatoms. The monoisotopic (exact) mass is 505 g/mol. The number of halogens is 3. The summed E-state index contributed by atoms with van der Waals surface area (Å²) in [5.74, 6) is -2.81. The summed E-state index contributed by atoms with van der Waals surface area (Å²) in [6.07, 6.45) is 1.41. The van der Waals surface area contributed by atoms with Crippen LogP contribution in [0.4, 0.5) is 4.39 Å². The lowest BCUT2D eigenvalue weighted by atomic mass is 9.94. The standard InChI is InChI=1S/C24H18Cl2FNO6/c1-32-22-14(10-15(25)23(33-2)18(22)26)20(29)17-19(13-7-3-4-8-16(13)27)28(24(31)21(17)30)11-12-6-5-9-34-12/h3-10,19,29H,11H2,1-2H3/b20-17+. The Hall–Kier alpha value is -3.49. The Morgan fingerprint density at radius 3 is 2.44 bits per heavy atom. The van der Waals surface area contributed by atoms with E-state index in [4.69, 9.17) is 37.1 Å². The molecule has 4 rings (SSSR count). The number of furan rings is 1. The highest BCUT2D eigenvalue weighted by atomic mass is 35.5. The second-order valence-electron chi connectivity index (χ2n) is 7.31. The van der Waals surface area contributed by atoms with Gasteiger partial charge in [-0.05, 0) is 24.3 Å². The van der Waals surface area contributed by atoms with Crippen molar-refractivity contribution in [3.8, 4) is 11.5 Å². The Bertz CT molecular complexity index is 1310. The van der Waals surface area contributed by atoms with Gasteiger partial charge in [-0.2, -0.15) is 0 Å². The van der Waals surface area contributed by atoms with Crippen LogP contribution in [0.15, 0.2) is 58.7 Å². The number of Topliss-reactive ketones (excluding diaryl/α,β-unsaturated/α-hetero) is 1. The van der Waals surface area contributed by atoms with E-state index in [-0.39, 0.29) is 44.8 Å². The Kier molecular flexibility index (Phi) is 6.54. The van der Waals surface area contributed by atoms with Crippen LogP contribution in [0.5, 0.6) is 11.5 Å². The summed E-state index contributed by atoms with van der Waals surface area (Å²) in [5, 5.41) is 11.3. The number of likely N-dealkylation sites (tertiary alicyclic amines) is 1. The molecule has 1 aliphatic heterocycles. The summed E-state index contributed by atoms with van der Waals surface area (Å²) in [6.45, 7) is -0.130. The number of nitrogens with zero attached hydrogens (tertiary/aromatic N) is 1. The number of hydrogen-bond acceptors (Lipinski definition) is 6. The van der Waals surface area contributed by atoms with Crippen molar-refractivity contribution in [3.63, 3.8) is 0 Å². The molecular weight excluding hydrogens is 488 g/mol. The molecule has 0 spiro atoms. The minimum Gasteiger partial charge on any atom is -0.507 e. The van der Waals surface area contributed by atoms with E-state index >= 15 is 0 Å². The van der Waals surface area contributed by atoms with Crippen LogP contribution in [0.25, 0.3) is 5.76 Å². The van der Waals surface area contributed by atoms with Gasteiger partial charge in [0, 0.05) is 5.56 Å². The third-order valence-corrected chi connectivity index (χ3v) is 6.06. The number of benzene rings is 2. The number of carbonyl (C=O) groups is 2. The molecule has 1 fully saturated rings. The largest absolute Gasteiger partial charge is 0.507 e. The maximum absolute atomic E-state index is 14.9. The van der Waals surface area contributed by atoms with Gasteiger partial charge in [-0.15, -0.1) is 0 Å². The van der Waals surface area contributed by atoms with Crippen LogP contribution in [-0.2, 0) is 16.1 Å². The normalized spacial score (nSPS) is 17.3. The highest BCUT2D eigenvalue weighted by molar-refractivity contribution is 6.47. The molecule has 1 N–H and O–H groups in total. The molecule has 1 unspecified atom stereocenters. The molecule has 1 saturated heterocycles. The van der Waals surface area contributed by atoms with Gasteiger partial charge in [0.1, 0.15) is 22.4 Å². The fraction of sp³-hybridized carbons (Fsp3) is 0.167. The molecule has 3 aromatic rings. The van der Waals surface area contributed by atoms with E-state index in [1.807, 2.05) is 0 Å². The third-order valence-electron chi connectivity index (χ3n) is 5.44. The number of ketones is 1. The fourth-order valence-electron chi connectivity index (χ4n) is 3.93. The Morgan fingerprint density at radius 2 is 1.82 bits per heavy atom. The molecule has 0 saturated carbocycles. The summed E-state index contributed by atoms with van der Waals surface area (Å²) >= 11 is 12.6. The van der Waals surface area contributed by atoms with Gasteiger partial charge in [0.15, 0.2) is 11.5 Å². The molecule has 2 heterocycles. The van der Waals surface area contributed by atoms with Crippen LogP contribution < -0.4 is 9.47 Å². The van der Waals surface area contributed by atoms with Crippen LogP contribution in [-0.4, -0.2) is 35.9 Å². The van der Waals surface area contributed by atoms with Crippen LogP contribution >= 0.6 is 23.2 Å². The first-order valence-corrected chi connectivity index (χ1v) is 10.7. The van der Waals surface area contributed by atoms with Crippen molar-refractivity contribution in [3.05, 3.63) is 87.1 Å². The number of amides is 1. The predicted octanol–water partition coefficient (Wildman–Crippen LogP) is 5.36. The van der Waals surface area contributed by atoms with Crippen molar-refractivity contribution in [1.29, 1.82) is 0 Å². The summed E-state index contributed by atoms with van der Waals surface area (Å²) < 4.78 is 30.7. The fourth-order valence-corrected chi connectivity index (χ4v) is 4.61. The number of aliphatic hydroxyl groups excluding tert-OH is 1. The maximum Gasteiger partial charge on any atom is 0.296 e. The van der Waals surface area contributed by atoms with Gasteiger partial charge in [0.05, 0.1) is 49.2 Å². The van der Waals surface area contributed by atoms with Crippen molar-refractivity contribution >= 4 is 40.7 Å². The summed E-state index contributed by atoms with van der Waals surface area (Å²) in [6, 6.07) is 8.94. The molecule has 1 aromatic heterocycles. The number of methoxy groups -OCH3 is 2. The van der Waals surface area contributed by atoms with E-state index in [1.54, 1.807) is 18.2 Å². The van der Waals surface area contributed by atoms with E-state index < -0.39 is 29.3 Å². The first-order chi connectivity index (χ1) is 16.3. The SMILES string of the molecule is COc1c(Cl)cc(/C(O)=C2\C(=O)C(=O)N(Cc3ccco3)C2c2ccccc2F)c(OC)c1Cl. The second kappa shape index (κ2) is 9.40. The number of carbonyl (C=O) groups excluding carboxylic acids is 2. The third kappa shape index (κ3) is 3.89. The lowest BCUT2D eigenvalue weighted by Crippen LogP contribution is -2.29. The quantitative estimate of drug-likeness (QED) is 0.275. The minimum absolute atomic E-state index is 0.0134. The van der Waals surface area contributed by atoms with Gasteiger partial charge in [-0.3, -0.25) is 9.59 Å². The zero-order chi connectivity index (χ0) is 24.6. The molecule has 1 atom stereocenters. The van der Waals surface area contributed by atoms with E-state index in [0.29, 0.717) is 5.76 Å². The minimum atomic E-state index is -1.25. The van der Waals surface area contributed by atoms with Crippen molar-refractivity contribution in [2.24, 2.45) is 0 Å². The molecule has 176 valence electrons. The topological polar surface area (TPSA) is 89.2 Å². The summed E-state index contributed by atoms with van der Waals surface area (Å²) in [7, 11) is 2.65. The maximum atomic E-state index is 14.9. The molecular formula is C24H18Cl2FNO6. The van der Waals surface area contributed by atoms with Crippen LogP contribution in [0.2, 0.25) is 10.0 Å². The van der Waals surface area contributed by atoms with Gasteiger partial charge in [0.2, 0.25) is 0 Å². The Morgan fingerprint density at radius 1 is 1.12 bits per heavy atom. The van der Waals surface area contributed by atoms with Gasteiger partial charge in [0.25, 0.3) is 11.7 Å². The van der Waals surface area contributed by atoms with Crippen LogP contribution in [0.1, 0.15) is 22.9 Å². The average Bonchev–Trinajstić information content (AvgIpc) is 3.41. The number of ether oxygens (including phenoxy) is 2. The van der Waals surface area contributed by atoms with E-state index in [2.05, 4.69) is 0 Å². The molecule has 0 bridgehead atoms. The zero-order valence-corrected chi connectivity index (χ0v) is 19.5. The van der Waals surface area contributed by atoms with Crippen LogP contribution in [0.3, 0.4) is 0 Å². The van der Waals surface area contributed by atoms with Crippen molar-refractivity contribution in [1.82, 2.24) is 4.90 Å². The highest BCUT2D eigenvalue weighted by Gasteiger charge is 2.47. The van der Waals surface area contributed by atoms with Gasteiger partial charge >= 0.3 is 0 Å². The van der Waals surface area contributed by atoms with Gasteiger partial charge < -0.3 is 23.9 Å². The first kappa shape index (κ1) is 23.7. The van der Waals surface area contributed by atoms with Crippen molar-refractivity contribution < 1.29 is 33.0 Å². The molecule has 1 aliphatic rings. The van der Waals surface area contributed by atoms with E-state index in [1.165, 1.54) is 44.7 Å². The lowest BCUT2D eigenvalue weighted by Gasteiger charge is -2.25. The molecule has 34 heavy (non-hydrogen) atoms. The second-order valence-corrected chi connectivity index (χ2v) is 8.10. The van der Waals surface area contributed by atoms with Gasteiger partial charge in [-0.1, -0.05) is 41.4 Å². The molecule has 0 aliphatic carbocycles. The smallest absolute Gasteiger partial charge is 0.296 e. The Labute approximate surface area is 203 Å². The van der Waals surface area contributed by atoms with Crippen molar-refractivity contribution in [2.45, 2.75) is 12.6 Å². The lowest BCUT2D eigenvalue weighted by molar-refractivity contribution is -0.140. The number of hydrogen-bond donors (Lipinski definition) is 1. The average molecular weight is 506 g/mol. The Balaban J connectivity index is 1.97. The molecule has 2 aromatic carbocycles. The zero-order valence-electron chi connectivity index (χ0n) is 18.0. The van der Waals surface area contributed by atoms with Crippen molar-refractivity contribution in [2.75, 3.05) is 14.2 Å². The summed E-state index contributed by atoms with van der Waals surface area (Å²) in [4.78, 5) is 27.3. The highest BCUT2D eigenvalue weighted by Crippen LogP contribution is 2.47. The van der Waals surface area contributed by atoms with Crippen LogP contribution in [0, 0.1) is 5.82 Å². The molecule has 7 nitrogen and oxygen atoms in total.